The maximum absolute atomic E-state index is 12.6. The number of oxime groups is 1. The van der Waals surface area contributed by atoms with E-state index in [0.29, 0.717) is 12.8 Å². The third-order valence-electron chi connectivity index (χ3n) is 4.23. The molecule has 6 nitrogen and oxygen atoms in total. The number of rotatable bonds is 6. The molecule has 1 aliphatic heterocycles. The smallest absolute Gasteiger partial charge is 0.265 e. The van der Waals surface area contributed by atoms with Crippen molar-refractivity contribution in [2.75, 3.05) is 7.05 Å². The fourth-order valence-corrected chi connectivity index (χ4v) is 2.82. The summed E-state index contributed by atoms with van der Waals surface area (Å²) in [6.45, 7) is 0. The topological polar surface area (TPSA) is 79.8 Å². The molecule has 0 aromatic heterocycles. The van der Waals surface area contributed by atoms with Gasteiger partial charge in [0.15, 0.2) is 0 Å². The number of carbonyl (C=O) groups is 2. The van der Waals surface area contributed by atoms with E-state index in [1.807, 2.05) is 60.7 Å². The van der Waals surface area contributed by atoms with Gasteiger partial charge in [0.05, 0.1) is 5.71 Å². The zero-order valence-corrected chi connectivity index (χ0v) is 14.5. The molecule has 1 heterocycles. The summed E-state index contributed by atoms with van der Waals surface area (Å²) in [5.41, 5.74) is 2.62. The van der Waals surface area contributed by atoms with Crippen LogP contribution in [0.4, 0.5) is 0 Å². The molecule has 0 fully saturated rings. The van der Waals surface area contributed by atoms with E-state index >= 15 is 0 Å². The summed E-state index contributed by atoms with van der Waals surface area (Å²) in [5, 5.41) is 9.39. The van der Waals surface area contributed by atoms with Crippen molar-refractivity contribution in [3.63, 3.8) is 0 Å². The van der Waals surface area contributed by atoms with E-state index in [-0.39, 0.29) is 11.8 Å². The number of benzene rings is 2. The van der Waals surface area contributed by atoms with Crippen LogP contribution in [0.2, 0.25) is 0 Å². The molecule has 2 N–H and O–H groups in total. The van der Waals surface area contributed by atoms with Crippen LogP contribution < -0.4 is 10.6 Å². The largest absolute Gasteiger partial charge is 0.382 e. The lowest BCUT2D eigenvalue weighted by molar-refractivity contribution is -0.135. The molecule has 0 saturated heterocycles. The third-order valence-corrected chi connectivity index (χ3v) is 4.23. The number of hydrogen-bond acceptors (Lipinski definition) is 4. The van der Waals surface area contributed by atoms with Gasteiger partial charge in [0.1, 0.15) is 6.04 Å². The maximum atomic E-state index is 12.6. The quantitative estimate of drug-likeness (QED) is 0.831. The van der Waals surface area contributed by atoms with Gasteiger partial charge in [-0.25, -0.2) is 0 Å². The van der Waals surface area contributed by atoms with E-state index in [0.717, 1.165) is 16.8 Å². The van der Waals surface area contributed by atoms with Crippen molar-refractivity contribution >= 4 is 17.5 Å². The van der Waals surface area contributed by atoms with Gasteiger partial charge < -0.3 is 15.5 Å². The fraction of sp³-hybridized carbons (Fsp3) is 0.250. The van der Waals surface area contributed by atoms with Crippen molar-refractivity contribution in [2.45, 2.75) is 25.0 Å². The molecule has 0 spiro atoms. The van der Waals surface area contributed by atoms with Crippen molar-refractivity contribution in [1.29, 1.82) is 0 Å². The Morgan fingerprint density at radius 1 is 1.12 bits per heavy atom. The van der Waals surface area contributed by atoms with E-state index in [4.69, 9.17) is 4.84 Å². The lowest BCUT2D eigenvalue weighted by atomic mass is 10.0. The van der Waals surface area contributed by atoms with Gasteiger partial charge >= 0.3 is 0 Å². The number of nitrogens with zero attached hydrogens (tertiary/aromatic N) is 1. The van der Waals surface area contributed by atoms with Crippen molar-refractivity contribution in [1.82, 2.24) is 10.6 Å². The Bertz CT molecular complexity index is 790. The van der Waals surface area contributed by atoms with Gasteiger partial charge in [-0.05, 0) is 11.1 Å². The maximum Gasteiger partial charge on any atom is 0.265 e. The van der Waals surface area contributed by atoms with Crippen LogP contribution in [-0.4, -0.2) is 36.7 Å². The first-order valence-corrected chi connectivity index (χ1v) is 8.51. The Hall–Kier alpha value is -3.15. The zero-order chi connectivity index (χ0) is 18.4. The molecule has 0 unspecified atom stereocenters. The van der Waals surface area contributed by atoms with Crippen LogP contribution in [0.3, 0.4) is 0 Å². The van der Waals surface area contributed by atoms with Gasteiger partial charge in [0.25, 0.3) is 5.91 Å². The monoisotopic (exact) mass is 351 g/mol. The highest BCUT2D eigenvalue weighted by molar-refractivity contribution is 6.04. The van der Waals surface area contributed by atoms with Crippen LogP contribution in [0.15, 0.2) is 65.8 Å². The zero-order valence-electron chi connectivity index (χ0n) is 14.5. The van der Waals surface area contributed by atoms with Crippen LogP contribution in [0.25, 0.3) is 0 Å². The molecule has 134 valence electrons. The van der Waals surface area contributed by atoms with Crippen molar-refractivity contribution in [3.8, 4) is 0 Å². The van der Waals surface area contributed by atoms with E-state index in [1.54, 1.807) is 7.05 Å². The first-order valence-electron chi connectivity index (χ1n) is 8.51. The van der Waals surface area contributed by atoms with Gasteiger partial charge in [-0.15, -0.1) is 0 Å². The normalized spacial score (nSPS) is 17.0. The molecule has 0 bridgehead atoms. The summed E-state index contributed by atoms with van der Waals surface area (Å²) in [7, 11) is 1.55. The van der Waals surface area contributed by atoms with Crippen molar-refractivity contribution in [2.24, 2.45) is 5.16 Å². The van der Waals surface area contributed by atoms with Gasteiger partial charge in [-0.3, -0.25) is 9.59 Å². The standard InChI is InChI=1S/C20H21N3O3/c1-21-19(24)17(12-14-8-4-2-5-9-14)22-20(25)18-13-16(23-26-18)15-10-6-3-7-11-15/h2-11,17-18H,12-13H2,1H3,(H,21,24)(H,22,25)/t17-,18-/m1/s1. The van der Waals surface area contributed by atoms with Gasteiger partial charge in [0, 0.05) is 19.9 Å². The molecule has 1 aliphatic rings. The Balaban J connectivity index is 1.62. The number of carbonyl (C=O) groups excluding carboxylic acids is 2. The van der Waals surface area contributed by atoms with E-state index in [9.17, 15) is 9.59 Å². The summed E-state index contributed by atoms with van der Waals surface area (Å²) < 4.78 is 0. The SMILES string of the molecule is CNC(=O)[C@@H](Cc1ccccc1)NC(=O)[C@H]1CC(c2ccccc2)=NO1. The molecule has 2 aromatic carbocycles. The lowest BCUT2D eigenvalue weighted by Gasteiger charge is -2.19. The van der Waals surface area contributed by atoms with E-state index in [2.05, 4.69) is 15.8 Å². The minimum atomic E-state index is -0.729. The molecule has 6 heteroatoms. The Labute approximate surface area is 152 Å². The summed E-state index contributed by atoms with van der Waals surface area (Å²) in [6, 6.07) is 18.5. The summed E-state index contributed by atoms with van der Waals surface area (Å²) >= 11 is 0. The third kappa shape index (κ3) is 4.27. The highest BCUT2D eigenvalue weighted by Gasteiger charge is 2.31. The predicted molar refractivity (Wildman–Crippen MR) is 98.6 cm³/mol. The summed E-state index contributed by atoms with van der Waals surface area (Å²) in [4.78, 5) is 30.0. The predicted octanol–water partition coefficient (Wildman–Crippen LogP) is 1.65. The van der Waals surface area contributed by atoms with Gasteiger partial charge in [-0.2, -0.15) is 0 Å². The number of likely N-dealkylation sites (N-methyl/N-ethyl adjacent to an activating group) is 1. The number of amides is 2. The molecule has 2 amide bonds. The minimum absolute atomic E-state index is 0.246. The van der Waals surface area contributed by atoms with Crippen molar-refractivity contribution in [3.05, 3.63) is 71.8 Å². The molecule has 2 aromatic rings. The summed E-state index contributed by atoms with van der Waals surface area (Å²) in [5.74, 6) is -0.589. The van der Waals surface area contributed by atoms with Crippen molar-refractivity contribution < 1.29 is 14.4 Å². The Morgan fingerprint density at radius 3 is 2.42 bits per heavy atom. The molecule has 0 aliphatic carbocycles. The minimum Gasteiger partial charge on any atom is -0.382 e. The van der Waals surface area contributed by atoms with Crippen LogP contribution in [0.5, 0.6) is 0 Å². The Kier molecular flexibility index (Phi) is 5.63. The van der Waals surface area contributed by atoms with Gasteiger partial charge in [-0.1, -0.05) is 65.8 Å². The molecule has 2 atom stereocenters. The molecule has 0 saturated carbocycles. The van der Waals surface area contributed by atoms with E-state index in [1.165, 1.54) is 0 Å². The number of nitrogens with one attached hydrogen (secondary N) is 2. The molecule has 26 heavy (non-hydrogen) atoms. The highest BCUT2D eigenvalue weighted by Crippen LogP contribution is 2.17. The first kappa shape index (κ1) is 17.7. The van der Waals surface area contributed by atoms with Gasteiger partial charge in [0.2, 0.25) is 12.0 Å². The average molecular weight is 351 g/mol. The Morgan fingerprint density at radius 2 is 1.77 bits per heavy atom. The number of hydrogen-bond donors (Lipinski definition) is 2. The molecular weight excluding hydrogens is 330 g/mol. The van der Waals surface area contributed by atoms with Crippen LogP contribution in [0, 0.1) is 0 Å². The summed E-state index contributed by atoms with van der Waals surface area (Å²) in [6.07, 6.45) is 0.0562. The second kappa shape index (κ2) is 8.29. The molecule has 0 radical (unpaired) electrons. The van der Waals surface area contributed by atoms with Crippen LogP contribution in [0.1, 0.15) is 17.5 Å². The fourth-order valence-electron chi connectivity index (χ4n) is 2.82. The van der Waals surface area contributed by atoms with Crippen LogP contribution in [-0.2, 0) is 20.8 Å². The van der Waals surface area contributed by atoms with E-state index < -0.39 is 12.1 Å². The average Bonchev–Trinajstić information content (AvgIpc) is 3.19. The lowest BCUT2D eigenvalue weighted by Crippen LogP contribution is -2.50. The van der Waals surface area contributed by atoms with Crippen LogP contribution >= 0.6 is 0 Å². The highest BCUT2D eigenvalue weighted by atomic mass is 16.6. The second-order valence-corrected chi connectivity index (χ2v) is 6.07. The first-order chi connectivity index (χ1) is 12.7. The molecule has 3 rings (SSSR count). The molecular formula is C20H21N3O3. The second-order valence-electron chi connectivity index (χ2n) is 6.07.